The molecule has 0 aliphatic carbocycles. The van der Waals surface area contributed by atoms with Gasteiger partial charge in [-0.3, -0.25) is 10.1 Å². The number of nitriles is 1. The molecule has 0 unspecified atom stereocenters. The molecular weight excluding hydrogens is 296 g/mol. The summed E-state index contributed by atoms with van der Waals surface area (Å²) in [5, 5.41) is 20.1. The van der Waals surface area contributed by atoms with Crippen molar-refractivity contribution in [3.05, 3.63) is 57.1 Å². The van der Waals surface area contributed by atoms with E-state index in [1.807, 2.05) is 6.07 Å². The Balaban J connectivity index is 2.37. The van der Waals surface area contributed by atoms with Crippen LogP contribution in [0.2, 0.25) is 5.02 Å². The third kappa shape index (κ3) is 3.22. The summed E-state index contributed by atoms with van der Waals surface area (Å²) in [7, 11) is 1.42. The van der Waals surface area contributed by atoms with Crippen LogP contribution in [-0.4, -0.2) is 12.0 Å². The first-order valence-corrected chi connectivity index (χ1v) is 6.13. The monoisotopic (exact) mass is 304 g/mol. The average molecular weight is 305 g/mol. The van der Waals surface area contributed by atoms with Gasteiger partial charge in [0.15, 0.2) is 0 Å². The first-order chi connectivity index (χ1) is 10.0. The third-order valence-corrected chi connectivity index (χ3v) is 2.96. The highest BCUT2D eigenvalue weighted by Gasteiger charge is 2.17. The van der Waals surface area contributed by atoms with Gasteiger partial charge in [-0.1, -0.05) is 11.6 Å². The lowest BCUT2D eigenvalue weighted by atomic mass is 10.2. The number of nitrogens with zero attached hydrogens (tertiary/aromatic N) is 2. The number of hydrogen-bond donors (Lipinski definition) is 0. The summed E-state index contributed by atoms with van der Waals surface area (Å²) in [5.74, 6) is 0.709. The Labute approximate surface area is 125 Å². The molecule has 0 amide bonds. The maximum absolute atomic E-state index is 11.0. The summed E-state index contributed by atoms with van der Waals surface area (Å²) < 4.78 is 10.4. The Morgan fingerprint density at radius 1 is 1.24 bits per heavy atom. The zero-order chi connectivity index (χ0) is 15.4. The molecule has 2 aromatic carbocycles. The third-order valence-electron chi connectivity index (χ3n) is 2.65. The van der Waals surface area contributed by atoms with Crippen molar-refractivity contribution in [1.82, 2.24) is 0 Å². The average Bonchev–Trinajstić information content (AvgIpc) is 2.47. The molecule has 0 aromatic heterocycles. The van der Waals surface area contributed by atoms with E-state index in [-0.39, 0.29) is 16.5 Å². The second-order valence-corrected chi connectivity index (χ2v) is 4.35. The minimum Gasteiger partial charge on any atom is -0.496 e. The van der Waals surface area contributed by atoms with Gasteiger partial charge in [-0.05, 0) is 24.3 Å². The van der Waals surface area contributed by atoms with Crippen LogP contribution < -0.4 is 9.47 Å². The minimum absolute atomic E-state index is 0.0570. The molecule has 0 atom stereocenters. The molecule has 0 aliphatic rings. The van der Waals surface area contributed by atoms with E-state index in [9.17, 15) is 10.1 Å². The molecule has 6 nitrogen and oxygen atoms in total. The van der Waals surface area contributed by atoms with Crippen molar-refractivity contribution in [3.63, 3.8) is 0 Å². The molecule has 2 rings (SSSR count). The molecule has 0 aliphatic heterocycles. The van der Waals surface area contributed by atoms with Crippen LogP contribution in [0.15, 0.2) is 36.4 Å². The predicted octanol–water partition coefficient (Wildman–Crippen LogP) is 3.92. The van der Waals surface area contributed by atoms with Crippen LogP contribution in [0.4, 0.5) is 5.69 Å². The highest BCUT2D eigenvalue weighted by molar-refractivity contribution is 6.31. The van der Waals surface area contributed by atoms with Crippen molar-refractivity contribution in [2.24, 2.45) is 0 Å². The summed E-state index contributed by atoms with van der Waals surface area (Å²) in [4.78, 5) is 10.5. The number of rotatable bonds is 4. The van der Waals surface area contributed by atoms with Gasteiger partial charge in [0.05, 0.1) is 28.7 Å². The first kappa shape index (κ1) is 14.6. The lowest BCUT2D eigenvalue weighted by Crippen LogP contribution is -1.95. The van der Waals surface area contributed by atoms with Crippen LogP contribution in [0.3, 0.4) is 0 Å². The van der Waals surface area contributed by atoms with Gasteiger partial charge >= 0.3 is 5.69 Å². The largest absolute Gasteiger partial charge is 0.496 e. The van der Waals surface area contributed by atoms with Crippen molar-refractivity contribution in [2.45, 2.75) is 0 Å². The number of hydrogen-bond acceptors (Lipinski definition) is 5. The Morgan fingerprint density at radius 3 is 2.52 bits per heavy atom. The fraction of sp³-hybridized carbons (Fsp3) is 0.0714. The molecule has 0 radical (unpaired) electrons. The lowest BCUT2D eigenvalue weighted by molar-refractivity contribution is -0.385. The second kappa shape index (κ2) is 6.11. The fourth-order valence-electron chi connectivity index (χ4n) is 1.63. The Morgan fingerprint density at radius 2 is 1.95 bits per heavy atom. The van der Waals surface area contributed by atoms with E-state index in [0.29, 0.717) is 17.1 Å². The summed E-state index contributed by atoms with van der Waals surface area (Å²) in [6.07, 6.45) is 0. The molecular formula is C14H9ClN2O4. The van der Waals surface area contributed by atoms with Crippen molar-refractivity contribution in [1.29, 1.82) is 5.26 Å². The first-order valence-electron chi connectivity index (χ1n) is 5.75. The Hall–Kier alpha value is -2.78. The lowest BCUT2D eigenvalue weighted by Gasteiger charge is -2.08. The molecule has 7 heteroatoms. The summed E-state index contributed by atoms with van der Waals surface area (Å²) in [6.45, 7) is 0. The summed E-state index contributed by atoms with van der Waals surface area (Å²) in [6, 6.07) is 10.6. The van der Waals surface area contributed by atoms with E-state index >= 15 is 0 Å². The molecule has 0 saturated carbocycles. The quantitative estimate of drug-likeness (QED) is 0.631. The highest BCUT2D eigenvalue weighted by Crippen LogP contribution is 2.35. The molecule has 2 aromatic rings. The van der Waals surface area contributed by atoms with Crippen molar-refractivity contribution < 1.29 is 14.4 Å². The Bertz CT molecular complexity index is 740. The minimum atomic E-state index is -0.566. The standard InChI is InChI=1S/C14H9ClN2O4/c1-20-10-4-5-14(13(7-10)17(18)19)21-11-3-2-9(8-16)12(15)6-11/h2-7H,1H3. The van der Waals surface area contributed by atoms with E-state index < -0.39 is 4.92 Å². The van der Waals surface area contributed by atoms with Crippen LogP contribution in [-0.2, 0) is 0 Å². The second-order valence-electron chi connectivity index (χ2n) is 3.95. The molecule has 0 saturated heterocycles. The summed E-state index contributed by atoms with van der Waals surface area (Å²) >= 11 is 5.89. The summed E-state index contributed by atoms with van der Waals surface area (Å²) in [5.41, 5.74) is 0.0723. The SMILES string of the molecule is COc1ccc(Oc2ccc(C#N)c(Cl)c2)c([N+](=O)[O-])c1. The predicted molar refractivity (Wildman–Crippen MR) is 75.9 cm³/mol. The van der Waals surface area contributed by atoms with Gasteiger partial charge in [-0.15, -0.1) is 0 Å². The highest BCUT2D eigenvalue weighted by atomic mass is 35.5. The number of ether oxygens (including phenoxy) is 2. The van der Waals surface area contributed by atoms with Gasteiger partial charge in [0.25, 0.3) is 0 Å². The van der Waals surface area contributed by atoms with Crippen LogP contribution >= 0.6 is 11.6 Å². The van der Waals surface area contributed by atoms with Crippen molar-refractivity contribution in [2.75, 3.05) is 7.11 Å². The number of nitro benzene ring substituents is 1. The molecule has 0 fully saturated rings. The van der Waals surface area contributed by atoms with Gasteiger partial charge in [0, 0.05) is 6.07 Å². The zero-order valence-corrected chi connectivity index (χ0v) is 11.6. The van der Waals surface area contributed by atoms with E-state index in [4.69, 9.17) is 26.3 Å². The fourth-order valence-corrected chi connectivity index (χ4v) is 1.84. The van der Waals surface area contributed by atoms with Crippen LogP contribution in [0, 0.1) is 21.4 Å². The normalized spacial score (nSPS) is 9.76. The number of benzene rings is 2. The molecule has 106 valence electrons. The van der Waals surface area contributed by atoms with Crippen molar-refractivity contribution >= 4 is 17.3 Å². The van der Waals surface area contributed by atoms with Gasteiger partial charge in [0.2, 0.25) is 5.75 Å². The number of halogens is 1. The van der Waals surface area contributed by atoms with Crippen LogP contribution in [0.1, 0.15) is 5.56 Å². The molecule has 0 heterocycles. The topological polar surface area (TPSA) is 85.4 Å². The number of nitro groups is 1. The number of methoxy groups -OCH3 is 1. The smallest absolute Gasteiger partial charge is 0.315 e. The van der Waals surface area contributed by atoms with Gasteiger partial charge in [-0.2, -0.15) is 5.26 Å². The zero-order valence-electron chi connectivity index (χ0n) is 10.9. The maximum Gasteiger partial charge on any atom is 0.315 e. The Kier molecular flexibility index (Phi) is 4.26. The molecule has 0 spiro atoms. The van der Waals surface area contributed by atoms with Gasteiger partial charge < -0.3 is 9.47 Å². The van der Waals surface area contributed by atoms with Crippen LogP contribution in [0.25, 0.3) is 0 Å². The van der Waals surface area contributed by atoms with E-state index in [1.165, 1.54) is 37.4 Å². The van der Waals surface area contributed by atoms with E-state index in [0.717, 1.165) is 0 Å². The maximum atomic E-state index is 11.0. The molecule has 0 N–H and O–H groups in total. The van der Waals surface area contributed by atoms with E-state index in [2.05, 4.69) is 0 Å². The molecule has 0 bridgehead atoms. The van der Waals surface area contributed by atoms with Crippen LogP contribution in [0.5, 0.6) is 17.2 Å². The van der Waals surface area contributed by atoms with Gasteiger partial charge in [-0.25, -0.2) is 0 Å². The van der Waals surface area contributed by atoms with Crippen molar-refractivity contribution in [3.8, 4) is 23.3 Å². The van der Waals surface area contributed by atoms with Gasteiger partial charge in [0.1, 0.15) is 17.6 Å². The van der Waals surface area contributed by atoms with E-state index in [1.54, 1.807) is 6.07 Å². The molecule has 21 heavy (non-hydrogen) atoms.